The van der Waals surface area contributed by atoms with E-state index < -0.39 is 0 Å². The average Bonchev–Trinajstić information content (AvgIpc) is 2.33. The Labute approximate surface area is 110 Å². The molecule has 2 rings (SSSR count). The van der Waals surface area contributed by atoms with Crippen molar-refractivity contribution in [1.82, 2.24) is 0 Å². The monoisotopic (exact) mass is 340 g/mol. The van der Waals surface area contributed by atoms with Gasteiger partial charge in [-0.15, -0.1) is 0 Å². The zero-order chi connectivity index (χ0) is 12.3. The van der Waals surface area contributed by atoms with Gasteiger partial charge < -0.3 is 0 Å². The second-order valence-corrected chi connectivity index (χ2v) is 6.65. The summed E-state index contributed by atoms with van der Waals surface area (Å²) in [5.41, 5.74) is 1.41. The van der Waals surface area contributed by atoms with Gasteiger partial charge in [0, 0.05) is 12.1 Å². The van der Waals surface area contributed by atoms with E-state index in [4.69, 9.17) is 0 Å². The highest BCUT2D eigenvalue weighted by molar-refractivity contribution is 5.28. The van der Waals surface area contributed by atoms with Gasteiger partial charge in [-0.05, 0) is 31.2 Å². The van der Waals surface area contributed by atoms with Crippen LogP contribution in [-0.2, 0) is 0 Å². The summed E-state index contributed by atoms with van der Waals surface area (Å²) in [7, 11) is 0. The van der Waals surface area contributed by atoms with Crippen molar-refractivity contribution in [3.8, 4) is 0 Å². The molecule has 86 valence electrons. The molecule has 0 atom stereocenters. The Kier molecular flexibility index (Phi) is 3.73. The van der Waals surface area contributed by atoms with Crippen LogP contribution in [0.3, 0.4) is 0 Å². The molecule has 0 spiro atoms. The Bertz CT molecular complexity index is 520. The fourth-order valence-corrected chi connectivity index (χ4v) is 3.51. The van der Waals surface area contributed by atoms with Crippen LogP contribution in [0.1, 0.15) is 5.56 Å². The van der Waals surface area contributed by atoms with Crippen LogP contribution >= 0.6 is 0 Å². The van der Waals surface area contributed by atoms with Gasteiger partial charge in [0.05, 0.1) is 4.92 Å². The molecular weight excluding hydrogens is 329 g/mol. The molecule has 0 aliphatic carbocycles. The summed E-state index contributed by atoms with van der Waals surface area (Å²) in [4.78, 5) is 10.2. The fourth-order valence-electron chi connectivity index (χ4n) is 1.35. The molecule has 0 heterocycles. The third-order valence-electron chi connectivity index (χ3n) is 2.27. The molecule has 0 saturated carbocycles. The van der Waals surface area contributed by atoms with Crippen molar-refractivity contribution in [1.29, 1.82) is 0 Å². The van der Waals surface area contributed by atoms with Gasteiger partial charge in [-0.3, -0.25) is 10.1 Å². The van der Waals surface area contributed by atoms with E-state index in [0.29, 0.717) is 0 Å². The van der Waals surface area contributed by atoms with E-state index in [1.54, 1.807) is 12.1 Å². The number of halogens is 1. The van der Waals surface area contributed by atoms with E-state index >= 15 is 0 Å². The minimum absolute atomic E-state index is 0.154. The number of hydrogen-bond donors (Lipinski definition) is 0. The second-order valence-electron chi connectivity index (χ2n) is 3.62. The second kappa shape index (κ2) is 5.27. The highest BCUT2D eigenvalue weighted by Crippen LogP contribution is 2.07. The van der Waals surface area contributed by atoms with E-state index in [2.05, 4.69) is 31.2 Å². The summed E-state index contributed by atoms with van der Waals surface area (Å²) in [5.74, 6) is 0. The predicted molar refractivity (Wildman–Crippen MR) is 61.7 cm³/mol. The Balaban J connectivity index is 2.13. The molecule has 3 nitrogen and oxygen atoms in total. The van der Waals surface area contributed by atoms with Crippen molar-refractivity contribution in [3.63, 3.8) is 0 Å². The molecule has 0 aromatic heterocycles. The van der Waals surface area contributed by atoms with Crippen molar-refractivity contribution < 1.29 is 26.1 Å². The molecule has 0 amide bonds. The quantitative estimate of drug-likeness (QED) is 0.450. The first kappa shape index (κ1) is 12.0. The van der Waals surface area contributed by atoms with Gasteiger partial charge in [0.25, 0.3) is 5.69 Å². The first-order chi connectivity index (χ1) is 8.15. The number of nitro groups is 1. The van der Waals surface area contributed by atoms with Gasteiger partial charge in [-0.1, -0.05) is 17.7 Å². The molecule has 17 heavy (non-hydrogen) atoms. The average molecular weight is 340 g/mol. The van der Waals surface area contributed by atoms with Crippen molar-refractivity contribution in [2.24, 2.45) is 0 Å². The first-order valence-corrected chi connectivity index (χ1v) is 7.27. The molecule has 0 radical (unpaired) electrons. The van der Waals surface area contributed by atoms with Gasteiger partial charge in [-0.2, -0.15) is 0 Å². The summed E-state index contributed by atoms with van der Waals surface area (Å²) in [6.45, 7) is 2.06. The number of rotatable bonds is 3. The summed E-state index contributed by atoms with van der Waals surface area (Å²) in [5, 5.41) is 10.5. The van der Waals surface area contributed by atoms with E-state index in [9.17, 15) is 10.1 Å². The van der Waals surface area contributed by atoms with Crippen LogP contribution in [0.25, 0.3) is 0 Å². The topological polar surface area (TPSA) is 43.1 Å². The van der Waals surface area contributed by atoms with Crippen LogP contribution in [0, 0.1) is 24.2 Å². The predicted octanol–water partition coefficient (Wildman–Crippen LogP) is 0.0316. The summed E-state index contributed by atoms with van der Waals surface area (Å²) in [6, 6.07) is 15.3. The third-order valence-corrected chi connectivity index (χ3v) is 4.95. The molecule has 2 aromatic rings. The zero-order valence-corrected chi connectivity index (χ0v) is 11.4. The third kappa shape index (κ3) is 3.26. The van der Waals surface area contributed by atoms with Crippen LogP contribution in [0.2, 0.25) is 0 Å². The maximum atomic E-state index is 10.5. The number of nitrogens with zero attached hydrogens (tertiary/aromatic N) is 1. The van der Waals surface area contributed by atoms with Crippen LogP contribution in [0.15, 0.2) is 48.5 Å². The standard InChI is InChI=1S/C13H11INO2/c1-10-2-4-11(5-3-10)14-12-6-8-13(9-7-12)15(16)17/h2-9H,1H3/q+1. The summed E-state index contributed by atoms with van der Waals surface area (Å²) >= 11 is -0.239. The van der Waals surface area contributed by atoms with Crippen molar-refractivity contribution in [2.45, 2.75) is 6.92 Å². The lowest BCUT2D eigenvalue weighted by Gasteiger charge is -1.90. The highest BCUT2D eigenvalue weighted by atomic mass is 127. The van der Waals surface area contributed by atoms with E-state index in [1.165, 1.54) is 12.7 Å². The molecule has 0 aliphatic heterocycles. The molecule has 0 bridgehead atoms. The van der Waals surface area contributed by atoms with Crippen molar-refractivity contribution in [3.05, 3.63) is 71.3 Å². The maximum absolute atomic E-state index is 10.5. The molecule has 0 saturated heterocycles. The molecule has 0 unspecified atom stereocenters. The van der Waals surface area contributed by atoms with E-state index in [1.807, 2.05) is 12.1 Å². The summed E-state index contributed by atoms with van der Waals surface area (Å²) < 4.78 is 2.52. The minimum atomic E-state index is -0.367. The molecule has 0 aliphatic rings. The van der Waals surface area contributed by atoms with Gasteiger partial charge >= 0.3 is 21.2 Å². The van der Waals surface area contributed by atoms with Crippen LogP contribution in [-0.4, -0.2) is 4.92 Å². The number of hydrogen-bond acceptors (Lipinski definition) is 2. The number of aryl methyl sites for hydroxylation is 1. The normalized spacial score (nSPS) is 10.2. The highest BCUT2D eigenvalue weighted by Gasteiger charge is 2.16. The van der Waals surface area contributed by atoms with Crippen LogP contribution in [0.5, 0.6) is 0 Å². The number of benzene rings is 2. The molecule has 4 heteroatoms. The Morgan fingerprint density at radius 2 is 1.41 bits per heavy atom. The lowest BCUT2D eigenvalue weighted by atomic mass is 10.2. The molecule has 0 fully saturated rings. The van der Waals surface area contributed by atoms with Gasteiger partial charge in [0.15, 0.2) is 7.14 Å². The van der Waals surface area contributed by atoms with E-state index in [-0.39, 0.29) is 31.8 Å². The lowest BCUT2D eigenvalue weighted by molar-refractivity contribution is -0.597. The van der Waals surface area contributed by atoms with Crippen LogP contribution in [0.4, 0.5) is 5.69 Å². The SMILES string of the molecule is Cc1ccc([I+]c2ccc([N+](=O)[O-])cc2)cc1. The molecular formula is C13H11INO2+. The Hall–Kier alpha value is -1.43. The maximum Gasteiger partial charge on any atom is 0.357 e. The minimum Gasteiger partial charge on any atom is -0.258 e. The smallest absolute Gasteiger partial charge is 0.258 e. The molecule has 2 aromatic carbocycles. The van der Waals surface area contributed by atoms with Crippen molar-refractivity contribution in [2.75, 3.05) is 0 Å². The van der Waals surface area contributed by atoms with Gasteiger partial charge in [0.2, 0.25) is 0 Å². The first-order valence-electron chi connectivity index (χ1n) is 5.11. The largest absolute Gasteiger partial charge is 0.357 e. The molecule has 0 N–H and O–H groups in total. The lowest BCUT2D eigenvalue weighted by Crippen LogP contribution is -3.61. The van der Waals surface area contributed by atoms with Gasteiger partial charge in [-0.25, -0.2) is 0 Å². The zero-order valence-electron chi connectivity index (χ0n) is 9.26. The fraction of sp³-hybridized carbons (Fsp3) is 0.0769. The number of non-ortho nitro benzene ring substituents is 1. The van der Waals surface area contributed by atoms with Gasteiger partial charge in [0.1, 0.15) is 0 Å². The van der Waals surface area contributed by atoms with E-state index in [0.717, 1.165) is 0 Å². The van der Waals surface area contributed by atoms with Crippen molar-refractivity contribution >= 4 is 5.69 Å². The number of nitro benzene ring substituents is 1. The Morgan fingerprint density at radius 1 is 0.941 bits per heavy atom. The van der Waals surface area contributed by atoms with Crippen LogP contribution < -0.4 is 21.2 Å². The summed E-state index contributed by atoms with van der Waals surface area (Å²) in [6.07, 6.45) is 0. The Morgan fingerprint density at radius 3 is 1.88 bits per heavy atom.